The van der Waals surface area contributed by atoms with E-state index in [1.165, 1.54) is 11.3 Å². The number of likely N-dealkylation sites (tertiary alicyclic amines) is 1. The van der Waals surface area contributed by atoms with Crippen molar-refractivity contribution in [3.63, 3.8) is 0 Å². The van der Waals surface area contributed by atoms with Crippen LogP contribution >= 0.6 is 0 Å². The molecule has 3 N–H and O–H groups in total. The standard InChI is InChI=1S/C17H18N4O2/c18-10-13(15(22)11-21-8-4-1-5-9-21)16-19-14-7-3-2-6-12(14)17(23)20-16/h2-3,6-7,22H,1,4-5,8-9,11H2,(H,19,20,23)/p+1/b15-13-. The van der Waals surface area contributed by atoms with Crippen molar-refractivity contribution in [1.29, 1.82) is 5.26 Å². The maximum absolute atomic E-state index is 12.1. The first-order valence-corrected chi connectivity index (χ1v) is 7.84. The van der Waals surface area contributed by atoms with Gasteiger partial charge in [0.1, 0.15) is 18.2 Å². The molecular weight excluding hydrogens is 292 g/mol. The molecule has 1 fully saturated rings. The molecule has 0 aliphatic carbocycles. The van der Waals surface area contributed by atoms with Crippen LogP contribution in [0.15, 0.2) is 34.8 Å². The molecule has 0 radical (unpaired) electrons. The van der Waals surface area contributed by atoms with E-state index < -0.39 is 0 Å². The highest BCUT2D eigenvalue weighted by atomic mass is 16.3. The fraction of sp³-hybridized carbons (Fsp3) is 0.353. The second-order valence-corrected chi connectivity index (χ2v) is 5.85. The van der Waals surface area contributed by atoms with E-state index in [4.69, 9.17) is 0 Å². The number of quaternary nitrogens is 1. The predicted octanol–water partition coefficient (Wildman–Crippen LogP) is 0.785. The first-order valence-electron chi connectivity index (χ1n) is 7.84. The molecule has 118 valence electrons. The second-order valence-electron chi connectivity index (χ2n) is 5.85. The van der Waals surface area contributed by atoms with E-state index in [-0.39, 0.29) is 22.7 Å². The van der Waals surface area contributed by atoms with Gasteiger partial charge in [0.15, 0.2) is 11.6 Å². The summed E-state index contributed by atoms with van der Waals surface area (Å²) in [7, 11) is 0. The molecule has 0 atom stereocenters. The van der Waals surface area contributed by atoms with Crippen LogP contribution in [0.25, 0.3) is 16.5 Å². The number of hydrogen-bond donors (Lipinski definition) is 3. The lowest BCUT2D eigenvalue weighted by Crippen LogP contribution is -3.13. The van der Waals surface area contributed by atoms with Crippen molar-refractivity contribution in [3.05, 3.63) is 46.2 Å². The van der Waals surface area contributed by atoms with Crippen molar-refractivity contribution < 1.29 is 10.0 Å². The lowest BCUT2D eigenvalue weighted by Gasteiger charge is -2.23. The Kier molecular flexibility index (Phi) is 4.40. The number of hydrogen-bond acceptors (Lipinski definition) is 4. The van der Waals surface area contributed by atoms with Crippen molar-refractivity contribution in [1.82, 2.24) is 9.97 Å². The predicted molar refractivity (Wildman–Crippen MR) is 86.9 cm³/mol. The highest BCUT2D eigenvalue weighted by Gasteiger charge is 2.19. The number of aromatic amines is 1. The Balaban J connectivity index is 1.98. The van der Waals surface area contributed by atoms with E-state index in [9.17, 15) is 15.2 Å². The smallest absolute Gasteiger partial charge is 0.259 e. The average molecular weight is 311 g/mol. The Morgan fingerprint density at radius 2 is 2.04 bits per heavy atom. The summed E-state index contributed by atoms with van der Waals surface area (Å²) in [4.78, 5) is 20.3. The third-order valence-electron chi connectivity index (χ3n) is 4.23. The van der Waals surface area contributed by atoms with Crippen LogP contribution in [0.5, 0.6) is 0 Å². The number of benzene rings is 1. The molecule has 0 amide bonds. The Bertz CT molecular complexity index is 842. The zero-order valence-corrected chi connectivity index (χ0v) is 12.8. The molecule has 0 bridgehead atoms. The molecule has 0 saturated carbocycles. The lowest BCUT2D eigenvalue weighted by atomic mass is 10.1. The fourth-order valence-corrected chi connectivity index (χ4v) is 3.01. The van der Waals surface area contributed by atoms with Gasteiger partial charge < -0.3 is 15.0 Å². The number of aromatic nitrogens is 2. The van der Waals surface area contributed by atoms with Gasteiger partial charge in [-0.05, 0) is 31.4 Å². The van der Waals surface area contributed by atoms with Crippen LogP contribution in [0.1, 0.15) is 25.1 Å². The van der Waals surface area contributed by atoms with Gasteiger partial charge in [0.25, 0.3) is 5.56 Å². The first-order chi connectivity index (χ1) is 11.2. The summed E-state index contributed by atoms with van der Waals surface area (Å²) in [6, 6.07) is 8.93. The van der Waals surface area contributed by atoms with E-state index in [0.717, 1.165) is 25.9 Å². The van der Waals surface area contributed by atoms with Crippen molar-refractivity contribution in [3.8, 4) is 6.07 Å². The number of aliphatic hydroxyl groups excluding tert-OH is 1. The van der Waals surface area contributed by atoms with E-state index in [2.05, 4.69) is 9.97 Å². The zero-order chi connectivity index (χ0) is 16.2. The van der Waals surface area contributed by atoms with Crippen LogP contribution in [-0.4, -0.2) is 34.7 Å². The zero-order valence-electron chi connectivity index (χ0n) is 12.8. The summed E-state index contributed by atoms with van der Waals surface area (Å²) in [5.74, 6) is 0.118. The quantitative estimate of drug-likeness (QED) is 0.577. The second kappa shape index (κ2) is 6.63. The monoisotopic (exact) mass is 311 g/mol. The van der Waals surface area contributed by atoms with Crippen LogP contribution in [0.4, 0.5) is 0 Å². The van der Waals surface area contributed by atoms with Gasteiger partial charge in [-0.2, -0.15) is 5.26 Å². The van der Waals surface area contributed by atoms with Gasteiger partial charge >= 0.3 is 0 Å². The average Bonchev–Trinajstić information content (AvgIpc) is 2.56. The molecule has 23 heavy (non-hydrogen) atoms. The molecular formula is C17H19N4O2+. The van der Waals surface area contributed by atoms with Gasteiger partial charge in [-0.15, -0.1) is 0 Å². The maximum atomic E-state index is 12.1. The number of piperidine rings is 1. The topological polar surface area (TPSA) is 94.2 Å². The van der Waals surface area contributed by atoms with Gasteiger partial charge in [0.05, 0.1) is 24.0 Å². The van der Waals surface area contributed by atoms with Gasteiger partial charge in [-0.3, -0.25) is 4.79 Å². The van der Waals surface area contributed by atoms with Gasteiger partial charge in [0, 0.05) is 0 Å². The van der Waals surface area contributed by atoms with Gasteiger partial charge in [-0.1, -0.05) is 12.1 Å². The largest absolute Gasteiger partial charge is 0.506 e. The molecule has 0 unspecified atom stereocenters. The van der Waals surface area contributed by atoms with Crippen molar-refractivity contribution in [2.45, 2.75) is 19.3 Å². The van der Waals surface area contributed by atoms with E-state index in [1.54, 1.807) is 24.3 Å². The fourth-order valence-electron chi connectivity index (χ4n) is 3.01. The minimum Gasteiger partial charge on any atom is -0.506 e. The normalized spacial score (nSPS) is 16.8. The molecule has 1 aromatic carbocycles. The minimum absolute atomic E-state index is 0.0113. The summed E-state index contributed by atoms with van der Waals surface area (Å²) >= 11 is 0. The van der Waals surface area contributed by atoms with Gasteiger partial charge in [0.2, 0.25) is 0 Å². The number of nitriles is 1. The highest BCUT2D eigenvalue weighted by molar-refractivity contribution is 5.81. The SMILES string of the molecule is N#C/C(=C(/O)C[NH+]1CCCCC1)c1nc2ccccc2c(=O)[nH]1. The number of nitrogens with one attached hydrogen (secondary N) is 2. The molecule has 3 rings (SSSR count). The van der Waals surface area contributed by atoms with Crippen LogP contribution in [0, 0.1) is 11.3 Å². The molecule has 1 aliphatic heterocycles. The number of allylic oxidation sites excluding steroid dienone is 1. The van der Waals surface area contributed by atoms with Crippen LogP contribution in [0.2, 0.25) is 0 Å². The van der Waals surface area contributed by atoms with E-state index in [1.807, 2.05) is 6.07 Å². The third-order valence-corrected chi connectivity index (χ3v) is 4.23. The van der Waals surface area contributed by atoms with Gasteiger partial charge in [-0.25, -0.2) is 4.98 Å². The van der Waals surface area contributed by atoms with Crippen molar-refractivity contribution >= 4 is 16.5 Å². The highest BCUT2D eigenvalue weighted by Crippen LogP contribution is 2.14. The van der Waals surface area contributed by atoms with Crippen LogP contribution in [-0.2, 0) is 0 Å². The number of rotatable bonds is 3. The molecule has 2 heterocycles. The molecule has 1 saturated heterocycles. The number of aliphatic hydroxyl groups is 1. The summed E-state index contributed by atoms with van der Waals surface area (Å²) in [6.45, 7) is 2.37. The van der Waals surface area contributed by atoms with Crippen molar-refractivity contribution in [2.75, 3.05) is 19.6 Å². The lowest BCUT2D eigenvalue weighted by molar-refractivity contribution is -0.901. The molecule has 0 spiro atoms. The van der Waals surface area contributed by atoms with Crippen LogP contribution in [0.3, 0.4) is 0 Å². The number of para-hydroxylation sites is 1. The maximum Gasteiger partial charge on any atom is 0.259 e. The summed E-state index contributed by atoms with van der Waals surface area (Å²) in [5.41, 5.74) is 0.250. The van der Waals surface area contributed by atoms with E-state index >= 15 is 0 Å². The van der Waals surface area contributed by atoms with Crippen LogP contribution < -0.4 is 10.5 Å². The summed E-state index contributed by atoms with van der Waals surface area (Å²) in [6.07, 6.45) is 3.49. The summed E-state index contributed by atoms with van der Waals surface area (Å²) in [5, 5.41) is 20.2. The molecule has 1 aromatic heterocycles. The summed E-state index contributed by atoms with van der Waals surface area (Å²) < 4.78 is 0. The Morgan fingerprint density at radius 3 is 2.78 bits per heavy atom. The molecule has 2 aromatic rings. The number of fused-ring (bicyclic) bond motifs is 1. The molecule has 1 aliphatic rings. The number of nitrogens with zero attached hydrogens (tertiary/aromatic N) is 2. The number of H-pyrrole nitrogens is 1. The third kappa shape index (κ3) is 3.25. The Hall–Kier alpha value is -2.65. The Labute approximate surface area is 133 Å². The minimum atomic E-state index is -0.309. The Morgan fingerprint density at radius 1 is 1.30 bits per heavy atom. The van der Waals surface area contributed by atoms with E-state index in [0.29, 0.717) is 17.4 Å². The first kappa shape index (κ1) is 15.3. The molecule has 6 heteroatoms. The van der Waals surface area contributed by atoms with Crippen molar-refractivity contribution in [2.24, 2.45) is 0 Å². The molecule has 6 nitrogen and oxygen atoms in total.